The molecule has 1 unspecified atom stereocenters. The van der Waals surface area contributed by atoms with Crippen molar-refractivity contribution in [3.05, 3.63) is 188 Å². The molecule has 0 amide bonds. The van der Waals surface area contributed by atoms with E-state index < -0.39 is 12.7 Å². The van der Waals surface area contributed by atoms with Crippen molar-refractivity contribution in [2.45, 2.75) is 166 Å². The number of nitrogens with zero attached hydrogens (tertiary/aromatic N) is 8. The fourth-order valence-corrected chi connectivity index (χ4v) is 11.0. The maximum Gasteiger partial charge on any atom is 0.216 e. The molecule has 4 aromatic carbocycles. The molecular weight excluding hydrogens is 1090 g/mol. The molecule has 0 bridgehead atoms. The Morgan fingerprint density at radius 2 is 0.602 bits per heavy atom. The van der Waals surface area contributed by atoms with Gasteiger partial charge >= 0.3 is 0 Å². The van der Waals surface area contributed by atoms with Crippen LogP contribution in [0.3, 0.4) is 0 Å². The highest BCUT2D eigenvalue weighted by Gasteiger charge is 2.24. The first-order chi connectivity index (χ1) is 41.2. The summed E-state index contributed by atoms with van der Waals surface area (Å²) in [6.45, 7) is 32.3. The minimum Gasteiger partial charge on any atom is -0.440 e. The standard InChI is InChI=1S/2C19H23N2O.2C17H19N2O.4CH4/c2*1-11(2)19-20-16-10-21(6)17(9-18(16)22-19)15-8-12(3)7-13(4)14(15)5;2*1-10-6-11(2)12(3)14(7-10)16-8-17-15(9-19(16)5)18-13(4)20-17;;;;/h2*7-11H,1-6H3;2*6-9H,1-5H3;4*1H4/q4*+1;;;;/i1D3,11D;;;;;;;. The van der Waals surface area contributed by atoms with E-state index in [0.717, 1.165) is 67.5 Å². The van der Waals surface area contributed by atoms with Crippen LogP contribution in [-0.2, 0) is 28.2 Å². The molecule has 8 heterocycles. The summed E-state index contributed by atoms with van der Waals surface area (Å²) in [7, 11) is 8.09. The van der Waals surface area contributed by atoms with Gasteiger partial charge in [-0.1, -0.05) is 104 Å². The van der Waals surface area contributed by atoms with Crippen molar-refractivity contribution < 1.29 is 41.4 Å². The lowest BCUT2D eigenvalue weighted by atomic mass is 9.97. The maximum atomic E-state index is 8.19. The molecule has 8 aromatic heterocycles. The Bertz CT molecular complexity index is 4540. The molecule has 0 saturated heterocycles. The fraction of sp³-hybridized carbons (Fsp3) is 0.368. The average Bonchev–Trinajstić information content (AvgIpc) is 1.43. The van der Waals surface area contributed by atoms with Gasteiger partial charge in [-0.3, -0.25) is 0 Å². The number of pyridine rings is 4. The van der Waals surface area contributed by atoms with E-state index in [1.165, 1.54) is 90.4 Å². The van der Waals surface area contributed by atoms with Crippen LogP contribution in [0.2, 0.25) is 0 Å². The van der Waals surface area contributed by atoms with Crippen molar-refractivity contribution >= 4 is 44.4 Å². The van der Waals surface area contributed by atoms with Gasteiger partial charge in [-0.2, -0.15) is 18.3 Å². The highest BCUT2D eigenvalue weighted by molar-refractivity contribution is 5.80. The predicted molar refractivity (Wildman–Crippen MR) is 364 cm³/mol. The van der Waals surface area contributed by atoms with E-state index in [-0.39, 0.29) is 35.6 Å². The number of hydrogen-bond donors (Lipinski definition) is 0. The SMILES string of the molecule is C.C.C.C.Cc1cc(C)c(C)c(-c2cc3oc(C(C)C)nc3c[n+]2C)c1.Cc1cc(C)c(C)c(-c2cc3oc(C)nc3c[n+]2C)c1.Cc1cc(C)c(C)c(-c2cc3oc(C)nc3c[n+]2C)c1.[2H]C([2H])([2H])C([2H])(C)c1nc2c[n+](C)c(-c3cc(C)cc(C)c3C)cc2o1. The van der Waals surface area contributed by atoms with Crippen molar-refractivity contribution in [2.24, 2.45) is 28.2 Å². The lowest BCUT2D eigenvalue weighted by molar-refractivity contribution is -0.659. The van der Waals surface area contributed by atoms with Gasteiger partial charge in [0.2, 0.25) is 22.8 Å². The highest BCUT2D eigenvalue weighted by Crippen LogP contribution is 2.33. The van der Waals surface area contributed by atoms with Gasteiger partial charge < -0.3 is 17.7 Å². The van der Waals surface area contributed by atoms with E-state index in [9.17, 15) is 0 Å². The minimum absolute atomic E-state index is 0. The van der Waals surface area contributed by atoms with E-state index in [4.69, 9.17) is 23.2 Å². The second-order valence-corrected chi connectivity index (χ2v) is 23.4. The van der Waals surface area contributed by atoms with E-state index in [0.29, 0.717) is 28.8 Å². The van der Waals surface area contributed by atoms with Crippen LogP contribution in [-0.4, -0.2) is 19.9 Å². The van der Waals surface area contributed by atoms with Gasteiger partial charge in [0.25, 0.3) is 0 Å². The van der Waals surface area contributed by atoms with Gasteiger partial charge in [0.05, 0.1) is 24.3 Å². The topological polar surface area (TPSA) is 120 Å². The molecule has 0 aliphatic rings. The van der Waals surface area contributed by atoms with Gasteiger partial charge in [0.1, 0.15) is 28.2 Å². The summed E-state index contributed by atoms with van der Waals surface area (Å²) < 4.78 is 62.2. The second kappa shape index (κ2) is 28.0. The quantitative estimate of drug-likeness (QED) is 0.151. The van der Waals surface area contributed by atoms with Crippen molar-refractivity contribution in [3.63, 3.8) is 0 Å². The molecule has 12 aromatic rings. The zero-order valence-electron chi connectivity index (χ0n) is 57.0. The van der Waals surface area contributed by atoms with Gasteiger partial charge in [0, 0.05) is 53.4 Å². The molecular formula is C76H100N8O4+4. The Hall–Kier alpha value is -8.64. The molecule has 0 fully saturated rings. The van der Waals surface area contributed by atoms with E-state index in [1.54, 1.807) is 0 Å². The summed E-state index contributed by atoms with van der Waals surface area (Å²) in [5, 5.41) is 0. The number of rotatable bonds is 6. The van der Waals surface area contributed by atoms with E-state index >= 15 is 0 Å². The summed E-state index contributed by atoms with van der Waals surface area (Å²) >= 11 is 0. The Morgan fingerprint density at radius 3 is 0.875 bits per heavy atom. The molecule has 464 valence electrons. The van der Waals surface area contributed by atoms with Crippen LogP contribution in [0.15, 0.2) is 115 Å². The third kappa shape index (κ3) is 14.7. The van der Waals surface area contributed by atoms with Crippen LogP contribution in [0.25, 0.3) is 89.4 Å². The Balaban J connectivity index is 0.000000221. The lowest BCUT2D eigenvalue weighted by Crippen LogP contribution is -2.30. The van der Waals surface area contributed by atoms with Crippen molar-refractivity contribution in [3.8, 4) is 45.0 Å². The van der Waals surface area contributed by atoms with Crippen LogP contribution >= 0.6 is 0 Å². The summed E-state index contributed by atoms with van der Waals surface area (Å²) in [5.74, 6) is 0.499. The molecule has 1 atom stereocenters. The molecule has 12 nitrogen and oxygen atoms in total. The molecule has 0 spiro atoms. The summed E-state index contributed by atoms with van der Waals surface area (Å²) in [6, 6.07) is 25.8. The third-order valence-corrected chi connectivity index (χ3v) is 16.0. The number of hydrogen-bond acceptors (Lipinski definition) is 8. The summed E-state index contributed by atoms with van der Waals surface area (Å²) in [4.78, 5) is 17.6. The summed E-state index contributed by atoms with van der Waals surface area (Å²) in [5.41, 5.74) is 30.8. The molecule has 0 N–H and O–H groups in total. The zero-order valence-corrected chi connectivity index (χ0v) is 53.0. The molecule has 0 aliphatic carbocycles. The van der Waals surface area contributed by atoms with Gasteiger partial charge in [-0.25, -0.2) is 19.9 Å². The molecule has 12 heteroatoms. The van der Waals surface area contributed by atoms with Crippen molar-refractivity contribution in [2.75, 3.05) is 0 Å². The first-order valence-corrected chi connectivity index (χ1v) is 28.7. The molecule has 0 radical (unpaired) electrons. The number of aryl methyl sites for hydroxylation is 14. The minimum atomic E-state index is -2.52. The number of fused-ring (bicyclic) bond motifs is 4. The van der Waals surface area contributed by atoms with Crippen LogP contribution < -0.4 is 18.3 Å². The van der Waals surface area contributed by atoms with Crippen LogP contribution in [0.1, 0.15) is 165 Å². The number of aromatic nitrogens is 8. The second-order valence-electron chi connectivity index (χ2n) is 23.4. The Kier molecular flexibility index (Phi) is 20.3. The summed E-state index contributed by atoms with van der Waals surface area (Å²) in [6.07, 6.45) is 7.91. The Morgan fingerprint density at radius 1 is 0.352 bits per heavy atom. The molecule has 0 aliphatic heterocycles. The zero-order chi connectivity index (χ0) is 64.3. The largest absolute Gasteiger partial charge is 0.440 e. The highest BCUT2D eigenvalue weighted by atomic mass is 16.4. The monoisotopic (exact) mass is 1190 g/mol. The van der Waals surface area contributed by atoms with Gasteiger partial charge in [-0.15, -0.1) is 0 Å². The maximum absolute atomic E-state index is 8.19. The predicted octanol–water partition coefficient (Wildman–Crippen LogP) is 18.4. The van der Waals surface area contributed by atoms with Crippen molar-refractivity contribution in [1.82, 2.24) is 19.9 Å². The van der Waals surface area contributed by atoms with Gasteiger partial charge in [-0.05, 0) is 152 Å². The third-order valence-electron chi connectivity index (χ3n) is 16.0. The molecule has 88 heavy (non-hydrogen) atoms. The van der Waals surface area contributed by atoms with Crippen LogP contribution in [0.5, 0.6) is 0 Å². The van der Waals surface area contributed by atoms with Gasteiger partial charge in [0.15, 0.2) is 92.7 Å². The number of oxazole rings is 4. The normalized spacial score (nSPS) is 12.4. The van der Waals surface area contributed by atoms with Crippen LogP contribution in [0.4, 0.5) is 0 Å². The Labute approximate surface area is 530 Å². The number of benzene rings is 4. The van der Waals surface area contributed by atoms with Crippen molar-refractivity contribution in [1.29, 1.82) is 0 Å². The smallest absolute Gasteiger partial charge is 0.216 e. The first-order valence-electron chi connectivity index (χ1n) is 30.7. The first kappa shape index (κ1) is 63.9. The lowest BCUT2D eigenvalue weighted by Gasteiger charge is -2.08. The average molecular weight is 1190 g/mol. The van der Waals surface area contributed by atoms with E-state index in [1.807, 2.05) is 50.1 Å². The van der Waals surface area contributed by atoms with E-state index in [2.05, 4.69) is 225 Å². The molecule has 0 saturated carbocycles. The van der Waals surface area contributed by atoms with Crippen LogP contribution in [0, 0.1) is 96.9 Å². The molecule has 12 rings (SSSR count). The fourth-order valence-electron chi connectivity index (χ4n) is 11.0.